The third kappa shape index (κ3) is 5.42. The minimum absolute atomic E-state index is 0.121. The molecule has 0 aliphatic rings. The fraction of sp³-hybridized carbons (Fsp3) is 0.429. The maximum absolute atomic E-state index is 11.9. The van der Waals surface area contributed by atoms with Gasteiger partial charge in [0, 0.05) is 18.5 Å². The van der Waals surface area contributed by atoms with Crippen LogP contribution in [0, 0.1) is 5.92 Å². The molecule has 5 nitrogen and oxygen atoms in total. The van der Waals surface area contributed by atoms with Crippen molar-refractivity contribution in [2.45, 2.75) is 19.8 Å². The van der Waals surface area contributed by atoms with E-state index in [1.165, 1.54) is 0 Å². The van der Waals surface area contributed by atoms with Crippen molar-refractivity contribution in [1.29, 1.82) is 0 Å². The molecule has 0 radical (unpaired) electrons. The van der Waals surface area contributed by atoms with Crippen LogP contribution in [0.5, 0.6) is 5.75 Å². The lowest BCUT2D eigenvalue weighted by atomic mass is 10.1. The topological polar surface area (TPSA) is 75.6 Å². The molecule has 0 aliphatic heterocycles. The molecular formula is C14H19NO4. The molecule has 1 rings (SSSR count). The first kappa shape index (κ1) is 15.0. The fourth-order valence-electron chi connectivity index (χ4n) is 1.61. The standard InChI is InChI=1S/C14H19NO4/c1-10(6-7-13(16)17)9-15-14(18)11-4-3-5-12(8-11)19-2/h3-5,8,10H,6-7,9H2,1-2H3,(H,15,18)(H,16,17). The average Bonchev–Trinajstić information content (AvgIpc) is 2.42. The number of carboxylic acid groups (broad SMARTS) is 1. The van der Waals surface area contributed by atoms with Crippen molar-refractivity contribution in [1.82, 2.24) is 5.32 Å². The number of carbonyl (C=O) groups is 2. The van der Waals surface area contributed by atoms with Gasteiger partial charge in [-0.3, -0.25) is 9.59 Å². The largest absolute Gasteiger partial charge is 0.497 e. The Bertz CT molecular complexity index is 445. The third-order valence-electron chi connectivity index (χ3n) is 2.79. The van der Waals surface area contributed by atoms with E-state index in [0.29, 0.717) is 24.3 Å². The highest BCUT2D eigenvalue weighted by atomic mass is 16.5. The zero-order valence-electron chi connectivity index (χ0n) is 11.2. The van der Waals surface area contributed by atoms with E-state index in [2.05, 4.69) is 5.32 Å². The zero-order valence-corrected chi connectivity index (χ0v) is 11.2. The second-order valence-electron chi connectivity index (χ2n) is 4.48. The van der Waals surface area contributed by atoms with Crippen LogP contribution in [0.15, 0.2) is 24.3 Å². The van der Waals surface area contributed by atoms with Gasteiger partial charge in [0.05, 0.1) is 7.11 Å². The molecule has 2 N–H and O–H groups in total. The number of carbonyl (C=O) groups excluding carboxylic acids is 1. The molecule has 5 heteroatoms. The molecule has 0 saturated heterocycles. The molecule has 1 aromatic carbocycles. The summed E-state index contributed by atoms with van der Waals surface area (Å²) in [5.41, 5.74) is 0.532. The maximum atomic E-state index is 11.9. The zero-order chi connectivity index (χ0) is 14.3. The summed E-state index contributed by atoms with van der Waals surface area (Å²) in [5.74, 6) is -0.232. The minimum atomic E-state index is -0.814. The number of rotatable bonds is 7. The first-order valence-electron chi connectivity index (χ1n) is 6.17. The van der Waals surface area contributed by atoms with E-state index in [4.69, 9.17) is 9.84 Å². The van der Waals surface area contributed by atoms with Crippen LogP contribution < -0.4 is 10.1 Å². The monoisotopic (exact) mass is 265 g/mol. The first-order valence-corrected chi connectivity index (χ1v) is 6.17. The van der Waals surface area contributed by atoms with Crippen LogP contribution in [0.2, 0.25) is 0 Å². The SMILES string of the molecule is COc1cccc(C(=O)NCC(C)CCC(=O)O)c1. The number of carboxylic acids is 1. The van der Waals surface area contributed by atoms with E-state index in [1.807, 2.05) is 6.92 Å². The van der Waals surface area contributed by atoms with Gasteiger partial charge in [-0.05, 0) is 30.5 Å². The molecule has 104 valence electrons. The second-order valence-corrected chi connectivity index (χ2v) is 4.48. The lowest BCUT2D eigenvalue weighted by molar-refractivity contribution is -0.137. The van der Waals surface area contributed by atoms with Gasteiger partial charge in [-0.25, -0.2) is 0 Å². The van der Waals surface area contributed by atoms with Gasteiger partial charge < -0.3 is 15.2 Å². The third-order valence-corrected chi connectivity index (χ3v) is 2.79. The van der Waals surface area contributed by atoms with E-state index in [-0.39, 0.29) is 18.2 Å². The van der Waals surface area contributed by atoms with Crippen molar-refractivity contribution < 1.29 is 19.4 Å². The number of hydrogen-bond acceptors (Lipinski definition) is 3. The van der Waals surface area contributed by atoms with Crippen LogP contribution in [0.1, 0.15) is 30.1 Å². The van der Waals surface area contributed by atoms with Crippen molar-refractivity contribution in [2.24, 2.45) is 5.92 Å². The molecular weight excluding hydrogens is 246 g/mol. The van der Waals surface area contributed by atoms with Crippen molar-refractivity contribution in [3.05, 3.63) is 29.8 Å². The van der Waals surface area contributed by atoms with Crippen LogP contribution in [0.25, 0.3) is 0 Å². The molecule has 0 aliphatic carbocycles. The molecule has 1 atom stereocenters. The Morgan fingerprint density at radius 3 is 2.79 bits per heavy atom. The quantitative estimate of drug-likeness (QED) is 0.789. The lowest BCUT2D eigenvalue weighted by Gasteiger charge is -2.11. The van der Waals surface area contributed by atoms with E-state index >= 15 is 0 Å². The van der Waals surface area contributed by atoms with Gasteiger partial charge in [0.2, 0.25) is 0 Å². The number of aliphatic carboxylic acids is 1. The smallest absolute Gasteiger partial charge is 0.303 e. The molecule has 0 aromatic heterocycles. The van der Waals surface area contributed by atoms with E-state index in [0.717, 1.165) is 0 Å². The Kier molecular flexibility index (Phi) is 5.85. The molecule has 1 unspecified atom stereocenters. The molecule has 0 spiro atoms. The summed E-state index contributed by atoms with van der Waals surface area (Å²) in [5, 5.41) is 11.4. The Hall–Kier alpha value is -2.04. The highest BCUT2D eigenvalue weighted by Crippen LogP contribution is 2.12. The van der Waals surface area contributed by atoms with Gasteiger partial charge in [-0.15, -0.1) is 0 Å². The normalized spacial score (nSPS) is 11.7. The molecule has 0 heterocycles. The number of nitrogens with one attached hydrogen (secondary N) is 1. The van der Waals surface area contributed by atoms with Crippen molar-refractivity contribution in [3.63, 3.8) is 0 Å². The highest BCUT2D eigenvalue weighted by Gasteiger charge is 2.09. The highest BCUT2D eigenvalue weighted by molar-refractivity contribution is 5.94. The fourth-order valence-corrected chi connectivity index (χ4v) is 1.61. The Balaban J connectivity index is 2.44. The predicted molar refractivity (Wildman–Crippen MR) is 71.4 cm³/mol. The molecule has 19 heavy (non-hydrogen) atoms. The summed E-state index contributed by atoms with van der Waals surface area (Å²) in [6.07, 6.45) is 0.671. The van der Waals surface area contributed by atoms with Crippen LogP contribution in [-0.4, -0.2) is 30.6 Å². The predicted octanol–water partition coefficient (Wildman–Crippen LogP) is 1.93. The molecule has 1 amide bonds. The van der Waals surface area contributed by atoms with Crippen LogP contribution in [0.4, 0.5) is 0 Å². The number of methoxy groups -OCH3 is 1. The van der Waals surface area contributed by atoms with Gasteiger partial charge >= 0.3 is 5.97 Å². The number of ether oxygens (including phenoxy) is 1. The van der Waals surface area contributed by atoms with Crippen molar-refractivity contribution >= 4 is 11.9 Å². The van der Waals surface area contributed by atoms with Gasteiger partial charge in [0.1, 0.15) is 5.75 Å². The summed E-state index contributed by atoms with van der Waals surface area (Å²) >= 11 is 0. The summed E-state index contributed by atoms with van der Waals surface area (Å²) in [6, 6.07) is 6.89. The van der Waals surface area contributed by atoms with E-state index in [9.17, 15) is 9.59 Å². The Labute approximate surface area is 112 Å². The summed E-state index contributed by atoms with van der Waals surface area (Å²) in [6.45, 7) is 2.37. The molecule has 1 aromatic rings. The molecule has 0 bridgehead atoms. The van der Waals surface area contributed by atoms with Crippen LogP contribution in [-0.2, 0) is 4.79 Å². The summed E-state index contributed by atoms with van der Waals surface area (Å²) in [7, 11) is 1.55. The van der Waals surface area contributed by atoms with Crippen LogP contribution >= 0.6 is 0 Å². The summed E-state index contributed by atoms with van der Waals surface area (Å²) in [4.78, 5) is 22.3. The number of benzene rings is 1. The van der Waals surface area contributed by atoms with E-state index in [1.54, 1.807) is 31.4 Å². The minimum Gasteiger partial charge on any atom is -0.497 e. The van der Waals surface area contributed by atoms with Gasteiger partial charge in [-0.2, -0.15) is 0 Å². The summed E-state index contributed by atoms with van der Waals surface area (Å²) < 4.78 is 5.05. The van der Waals surface area contributed by atoms with Crippen molar-refractivity contribution in [2.75, 3.05) is 13.7 Å². The van der Waals surface area contributed by atoms with Gasteiger partial charge in [0.25, 0.3) is 5.91 Å². The maximum Gasteiger partial charge on any atom is 0.303 e. The molecule has 0 saturated carbocycles. The second kappa shape index (κ2) is 7.41. The Morgan fingerprint density at radius 2 is 2.16 bits per heavy atom. The molecule has 0 fully saturated rings. The lowest BCUT2D eigenvalue weighted by Crippen LogP contribution is -2.28. The van der Waals surface area contributed by atoms with Crippen molar-refractivity contribution in [3.8, 4) is 5.75 Å². The number of amides is 1. The average molecular weight is 265 g/mol. The van der Waals surface area contributed by atoms with Gasteiger partial charge in [-0.1, -0.05) is 13.0 Å². The van der Waals surface area contributed by atoms with E-state index < -0.39 is 5.97 Å². The first-order chi connectivity index (χ1) is 9.02. The van der Waals surface area contributed by atoms with Crippen LogP contribution in [0.3, 0.4) is 0 Å². The Morgan fingerprint density at radius 1 is 1.42 bits per heavy atom. The van der Waals surface area contributed by atoms with Gasteiger partial charge in [0.15, 0.2) is 0 Å². The number of hydrogen-bond donors (Lipinski definition) is 2.